The molecule has 3 heterocycles. The molecule has 4 rings (SSSR count). The van der Waals surface area contributed by atoms with E-state index in [2.05, 4.69) is 28.9 Å². The van der Waals surface area contributed by atoms with Crippen LogP contribution in [0.4, 0.5) is 0 Å². The smallest absolute Gasteiger partial charge is 0.143 e. The summed E-state index contributed by atoms with van der Waals surface area (Å²) in [5, 5.41) is 4.92. The minimum absolute atomic E-state index is 0. The number of aromatic nitrogens is 1. The normalized spacial score (nSPS) is 17.3. The molecule has 0 saturated carbocycles. The van der Waals surface area contributed by atoms with Gasteiger partial charge in [-0.05, 0) is 43.1 Å². The quantitative estimate of drug-likeness (QED) is 0.801. The molecule has 0 spiro atoms. The second-order valence-corrected chi connectivity index (χ2v) is 5.33. The van der Waals surface area contributed by atoms with Gasteiger partial charge >= 0.3 is 0 Å². The summed E-state index contributed by atoms with van der Waals surface area (Å²) in [5.41, 5.74) is 5.71. The Bertz CT molecular complexity index is 633. The van der Waals surface area contributed by atoms with E-state index in [1.54, 1.807) is 5.56 Å². The van der Waals surface area contributed by atoms with Crippen molar-refractivity contribution in [2.24, 2.45) is 0 Å². The van der Waals surface area contributed by atoms with Crippen LogP contribution in [0.5, 0.6) is 5.75 Å². The first-order valence-electron chi connectivity index (χ1n) is 6.83. The number of hydrogen-bond acceptors (Lipinski definition) is 2. The summed E-state index contributed by atoms with van der Waals surface area (Å²) in [4.78, 5) is 0. The lowest BCUT2D eigenvalue weighted by Gasteiger charge is -2.19. The van der Waals surface area contributed by atoms with Gasteiger partial charge in [0.1, 0.15) is 12.4 Å². The predicted molar refractivity (Wildman–Crippen MR) is 79.7 cm³/mol. The average molecular weight is 279 g/mol. The molecule has 0 radical (unpaired) electrons. The van der Waals surface area contributed by atoms with E-state index in [0.717, 1.165) is 44.8 Å². The highest BCUT2D eigenvalue weighted by molar-refractivity contribution is 5.91. The van der Waals surface area contributed by atoms with E-state index in [9.17, 15) is 0 Å². The van der Waals surface area contributed by atoms with Crippen molar-refractivity contribution in [1.29, 1.82) is 0 Å². The summed E-state index contributed by atoms with van der Waals surface area (Å²) >= 11 is 0. The predicted octanol–water partition coefficient (Wildman–Crippen LogP) is 2.45. The Labute approximate surface area is 119 Å². The first-order chi connectivity index (χ1) is 8.84. The molecule has 0 fully saturated rings. The lowest BCUT2D eigenvalue weighted by Crippen LogP contribution is -2.19. The molecule has 1 aromatic carbocycles. The van der Waals surface area contributed by atoms with Crippen LogP contribution in [0.15, 0.2) is 12.1 Å². The van der Waals surface area contributed by atoms with E-state index >= 15 is 0 Å². The Hall–Kier alpha value is -1.19. The molecule has 2 aliphatic heterocycles. The van der Waals surface area contributed by atoms with Gasteiger partial charge in [0, 0.05) is 24.0 Å². The lowest BCUT2D eigenvalue weighted by atomic mass is 10.0. The Balaban J connectivity index is 0.00000110. The third-order valence-corrected chi connectivity index (χ3v) is 4.15. The van der Waals surface area contributed by atoms with Gasteiger partial charge in [-0.2, -0.15) is 0 Å². The molecule has 0 atom stereocenters. The van der Waals surface area contributed by atoms with Crippen molar-refractivity contribution >= 4 is 23.3 Å². The van der Waals surface area contributed by atoms with E-state index < -0.39 is 0 Å². The van der Waals surface area contributed by atoms with Crippen LogP contribution in [-0.2, 0) is 19.4 Å². The first kappa shape index (κ1) is 12.8. The van der Waals surface area contributed by atoms with Gasteiger partial charge < -0.3 is 14.6 Å². The van der Waals surface area contributed by atoms with Gasteiger partial charge in [-0.3, -0.25) is 0 Å². The van der Waals surface area contributed by atoms with Crippen LogP contribution in [0.25, 0.3) is 10.9 Å². The van der Waals surface area contributed by atoms with Gasteiger partial charge in [-0.25, -0.2) is 0 Å². The fourth-order valence-corrected chi connectivity index (χ4v) is 3.42. The zero-order valence-corrected chi connectivity index (χ0v) is 12.0. The molecule has 1 N–H and O–H groups in total. The van der Waals surface area contributed by atoms with Crippen molar-refractivity contribution in [2.75, 3.05) is 19.7 Å². The van der Waals surface area contributed by atoms with Gasteiger partial charge in [0.2, 0.25) is 0 Å². The molecule has 19 heavy (non-hydrogen) atoms. The van der Waals surface area contributed by atoms with Gasteiger partial charge in [-0.15, -0.1) is 12.4 Å². The highest BCUT2D eigenvalue weighted by Gasteiger charge is 2.23. The molecule has 0 unspecified atom stereocenters. The maximum atomic E-state index is 5.85. The van der Waals surface area contributed by atoms with Crippen molar-refractivity contribution in [1.82, 2.24) is 9.88 Å². The number of ether oxygens (including phenoxy) is 1. The number of nitrogens with one attached hydrogen (secondary N) is 1. The Kier molecular flexibility index (Phi) is 3.19. The van der Waals surface area contributed by atoms with Crippen LogP contribution < -0.4 is 10.1 Å². The number of nitrogens with zero attached hydrogens (tertiary/aromatic N) is 1. The second kappa shape index (κ2) is 4.73. The number of rotatable bonds is 0. The molecule has 4 heteroatoms. The molecule has 1 aromatic heterocycles. The van der Waals surface area contributed by atoms with Crippen LogP contribution in [0.3, 0.4) is 0 Å². The monoisotopic (exact) mass is 278 g/mol. The minimum Gasteiger partial charge on any atom is -0.490 e. The maximum absolute atomic E-state index is 5.85. The topological polar surface area (TPSA) is 26.2 Å². The molecule has 0 saturated heterocycles. The number of hydrogen-bond donors (Lipinski definition) is 1. The summed E-state index contributed by atoms with van der Waals surface area (Å²) in [6, 6.07) is 4.50. The number of aryl methyl sites for hydroxylation is 1. The second-order valence-electron chi connectivity index (χ2n) is 5.33. The Morgan fingerprint density at radius 1 is 1.21 bits per heavy atom. The van der Waals surface area contributed by atoms with Crippen LogP contribution in [0.1, 0.15) is 16.8 Å². The zero-order chi connectivity index (χ0) is 12.1. The third kappa shape index (κ3) is 1.84. The lowest BCUT2D eigenvalue weighted by molar-refractivity contribution is 0.285. The van der Waals surface area contributed by atoms with Crippen molar-refractivity contribution in [2.45, 2.75) is 26.3 Å². The molecule has 0 aliphatic carbocycles. The third-order valence-electron chi connectivity index (χ3n) is 4.15. The van der Waals surface area contributed by atoms with E-state index in [4.69, 9.17) is 4.74 Å². The SMILES string of the molecule is Cc1cc2c3c(c1)c1c(n3CCO2)CCNCC1.Cl. The van der Waals surface area contributed by atoms with Crippen LogP contribution in [0, 0.1) is 6.92 Å². The largest absolute Gasteiger partial charge is 0.490 e. The molecule has 102 valence electrons. The molecular formula is C15H19ClN2O. The van der Waals surface area contributed by atoms with Crippen LogP contribution >= 0.6 is 12.4 Å². The van der Waals surface area contributed by atoms with Gasteiger partial charge in [0.05, 0.1) is 12.1 Å². The summed E-state index contributed by atoms with van der Waals surface area (Å²) in [6.45, 7) is 6.16. The Morgan fingerprint density at radius 3 is 2.95 bits per heavy atom. The van der Waals surface area contributed by atoms with E-state index in [1.165, 1.54) is 22.2 Å². The number of halogens is 1. The van der Waals surface area contributed by atoms with Crippen LogP contribution in [-0.4, -0.2) is 24.3 Å². The standard InChI is InChI=1S/C15H18N2O.ClH/c1-10-8-12-11-2-4-16-5-3-13(11)17-6-7-18-14(9-10)15(12)17;/h8-9,16H,2-7H2,1H3;1H. The summed E-state index contributed by atoms with van der Waals surface area (Å²) < 4.78 is 8.34. The number of fused-ring (bicyclic) bond motifs is 3. The highest BCUT2D eigenvalue weighted by Crippen LogP contribution is 2.37. The maximum Gasteiger partial charge on any atom is 0.143 e. The first-order valence-corrected chi connectivity index (χ1v) is 6.83. The van der Waals surface area contributed by atoms with Crippen LogP contribution in [0.2, 0.25) is 0 Å². The van der Waals surface area contributed by atoms with Gasteiger partial charge in [0.15, 0.2) is 0 Å². The molecular weight excluding hydrogens is 260 g/mol. The molecule has 2 aliphatic rings. The summed E-state index contributed by atoms with van der Waals surface area (Å²) in [5.74, 6) is 1.08. The molecule has 0 bridgehead atoms. The molecule has 0 amide bonds. The van der Waals surface area contributed by atoms with E-state index in [-0.39, 0.29) is 12.4 Å². The fraction of sp³-hybridized carbons (Fsp3) is 0.467. The van der Waals surface area contributed by atoms with Crippen molar-refractivity contribution < 1.29 is 4.74 Å². The highest BCUT2D eigenvalue weighted by atomic mass is 35.5. The summed E-state index contributed by atoms with van der Waals surface area (Å²) in [6.07, 6.45) is 2.28. The molecule has 2 aromatic rings. The summed E-state index contributed by atoms with van der Waals surface area (Å²) in [7, 11) is 0. The zero-order valence-electron chi connectivity index (χ0n) is 11.2. The van der Waals surface area contributed by atoms with Gasteiger partial charge in [0.25, 0.3) is 0 Å². The number of benzene rings is 1. The average Bonchev–Trinajstić information content (AvgIpc) is 2.55. The fourth-order valence-electron chi connectivity index (χ4n) is 3.42. The van der Waals surface area contributed by atoms with E-state index in [0.29, 0.717) is 0 Å². The molecule has 3 nitrogen and oxygen atoms in total. The Morgan fingerprint density at radius 2 is 2.05 bits per heavy atom. The minimum atomic E-state index is 0. The van der Waals surface area contributed by atoms with Crippen molar-refractivity contribution in [3.63, 3.8) is 0 Å². The van der Waals surface area contributed by atoms with Crippen molar-refractivity contribution in [3.8, 4) is 5.75 Å². The van der Waals surface area contributed by atoms with Gasteiger partial charge in [-0.1, -0.05) is 0 Å². The van der Waals surface area contributed by atoms with Crippen molar-refractivity contribution in [3.05, 3.63) is 29.0 Å². The van der Waals surface area contributed by atoms with E-state index in [1.807, 2.05) is 0 Å².